The van der Waals surface area contributed by atoms with E-state index in [-0.39, 0.29) is 5.56 Å². The Balaban J connectivity index is 1.55. The van der Waals surface area contributed by atoms with Gasteiger partial charge in [0.1, 0.15) is 5.82 Å². The van der Waals surface area contributed by atoms with Gasteiger partial charge in [0.05, 0.1) is 17.4 Å². The van der Waals surface area contributed by atoms with Gasteiger partial charge in [-0.2, -0.15) is 0 Å². The summed E-state index contributed by atoms with van der Waals surface area (Å²) in [6.45, 7) is 1.33. The van der Waals surface area contributed by atoms with E-state index >= 15 is 0 Å². The molecule has 3 aromatic carbocycles. The standard InChI is InChI=1S/C21H18ClN3O/c1-25(12-14-6-7-15-4-2-3-5-16(15)10-14)13-20-23-19-9-8-17(22)11-18(19)21(26)24-20/h2-11H,12-13H2,1H3,(H,23,24,26). The lowest BCUT2D eigenvalue weighted by Gasteiger charge is -2.16. The van der Waals surface area contributed by atoms with Crippen molar-refractivity contribution in [3.8, 4) is 0 Å². The lowest BCUT2D eigenvalue weighted by atomic mass is 10.1. The summed E-state index contributed by atoms with van der Waals surface area (Å²) in [6.07, 6.45) is 0. The molecule has 1 N–H and O–H groups in total. The summed E-state index contributed by atoms with van der Waals surface area (Å²) >= 11 is 5.96. The highest BCUT2D eigenvalue weighted by Crippen LogP contribution is 2.18. The van der Waals surface area contributed by atoms with Crippen LogP contribution in [0.4, 0.5) is 0 Å². The van der Waals surface area contributed by atoms with Crippen molar-refractivity contribution in [1.29, 1.82) is 0 Å². The molecule has 5 heteroatoms. The highest BCUT2D eigenvalue weighted by atomic mass is 35.5. The van der Waals surface area contributed by atoms with Gasteiger partial charge >= 0.3 is 0 Å². The van der Waals surface area contributed by atoms with E-state index in [4.69, 9.17) is 11.6 Å². The van der Waals surface area contributed by atoms with Gasteiger partial charge in [-0.15, -0.1) is 0 Å². The first-order valence-electron chi connectivity index (χ1n) is 8.43. The van der Waals surface area contributed by atoms with Crippen LogP contribution >= 0.6 is 11.6 Å². The molecule has 1 aromatic heterocycles. The second-order valence-corrected chi connectivity index (χ2v) is 6.96. The molecule has 0 saturated carbocycles. The summed E-state index contributed by atoms with van der Waals surface area (Å²) in [5, 5.41) is 3.51. The van der Waals surface area contributed by atoms with E-state index in [0.717, 1.165) is 6.54 Å². The fourth-order valence-electron chi connectivity index (χ4n) is 3.19. The molecule has 0 spiro atoms. The Hall–Kier alpha value is -2.69. The molecule has 0 radical (unpaired) electrons. The van der Waals surface area contributed by atoms with Gasteiger partial charge in [-0.05, 0) is 47.6 Å². The van der Waals surface area contributed by atoms with Gasteiger partial charge < -0.3 is 4.98 Å². The minimum atomic E-state index is -0.161. The third-order valence-corrected chi connectivity index (χ3v) is 4.64. The maximum Gasteiger partial charge on any atom is 0.258 e. The molecule has 0 unspecified atom stereocenters. The number of aromatic nitrogens is 2. The van der Waals surface area contributed by atoms with Crippen molar-refractivity contribution >= 4 is 33.3 Å². The number of H-pyrrole nitrogens is 1. The molecular weight excluding hydrogens is 346 g/mol. The van der Waals surface area contributed by atoms with E-state index in [0.29, 0.717) is 28.3 Å². The highest BCUT2D eigenvalue weighted by Gasteiger charge is 2.08. The van der Waals surface area contributed by atoms with Crippen LogP contribution in [0.5, 0.6) is 0 Å². The number of rotatable bonds is 4. The van der Waals surface area contributed by atoms with Crippen LogP contribution < -0.4 is 5.56 Å². The zero-order chi connectivity index (χ0) is 18.1. The van der Waals surface area contributed by atoms with Crippen molar-refractivity contribution < 1.29 is 0 Å². The van der Waals surface area contributed by atoms with Crippen molar-refractivity contribution in [2.75, 3.05) is 7.05 Å². The van der Waals surface area contributed by atoms with Crippen molar-refractivity contribution in [2.24, 2.45) is 0 Å². The lowest BCUT2D eigenvalue weighted by Crippen LogP contribution is -2.21. The molecule has 0 aliphatic carbocycles. The van der Waals surface area contributed by atoms with Gasteiger partial charge in [0.25, 0.3) is 5.56 Å². The van der Waals surface area contributed by atoms with Crippen molar-refractivity contribution in [2.45, 2.75) is 13.1 Å². The molecule has 4 rings (SSSR count). The highest BCUT2D eigenvalue weighted by molar-refractivity contribution is 6.31. The van der Waals surface area contributed by atoms with Gasteiger partial charge in [-0.3, -0.25) is 9.69 Å². The molecule has 0 saturated heterocycles. The van der Waals surface area contributed by atoms with E-state index in [1.807, 2.05) is 19.2 Å². The Kier molecular flexibility index (Phi) is 4.45. The molecule has 0 fully saturated rings. The summed E-state index contributed by atoms with van der Waals surface area (Å²) in [5.74, 6) is 0.646. The Labute approximate surface area is 156 Å². The number of hydrogen-bond donors (Lipinski definition) is 1. The monoisotopic (exact) mass is 363 g/mol. The van der Waals surface area contributed by atoms with Gasteiger partial charge in [0.2, 0.25) is 0 Å². The molecule has 26 heavy (non-hydrogen) atoms. The molecule has 4 aromatic rings. The molecule has 0 atom stereocenters. The quantitative estimate of drug-likeness (QED) is 0.586. The molecule has 1 heterocycles. The van der Waals surface area contributed by atoms with Gasteiger partial charge in [0, 0.05) is 11.6 Å². The number of aromatic amines is 1. The number of nitrogens with one attached hydrogen (secondary N) is 1. The summed E-state index contributed by atoms with van der Waals surface area (Å²) in [5.41, 5.74) is 1.72. The van der Waals surface area contributed by atoms with Crippen LogP contribution in [0.15, 0.2) is 65.5 Å². The fourth-order valence-corrected chi connectivity index (χ4v) is 3.37. The molecule has 0 amide bonds. The Bertz CT molecular complexity index is 1150. The number of halogens is 1. The maximum atomic E-state index is 12.3. The smallest absolute Gasteiger partial charge is 0.258 e. The van der Waals surface area contributed by atoms with Crippen molar-refractivity contribution in [3.05, 3.63) is 87.4 Å². The normalized spacial score (nSPS) is 11.5. The second kappa shape index (κ2) is 6.90. The molecular formula is C21H18ClN3O. The Morgan fingerprint density at radius 1 is 1.00 bits per heavy atom. The number of fused-ring (bicyclic) bond motifs is 2. The van der Waals surface area contributed by atoms with Crippen LogP contribution in [0.25, 0.3) is 21.7 Å². The fraction of sp³-hybridized carbons (Fsp3) is 0.143. The average Bonchev–Trinajstić information content (AvgIpc) is 2.62. The van der Waals surface area contributed by atoms with E-state index in [1.165, 1.54) is 16.3 Å². The third-order valence-electron chi connectivity index (χ3n) is 4.40. The van der Waals surface area contributed by atoms with Crippen LogP contribution in [0.3, 0.4) is 0 Å². The van der Waals surface area contributed by atoms with E-state index in [1.54, 1.807) is 18.2 Å². The lowest BCUT2D eigenvalue weighted by molar-refractivity contribution is 0.311. The number of nitrogens with zero attached hydrogens (tertiary/aromatic N) is 2. The predicted molar refractivity (Wildman–Crippen MR) is 106 cm³/mol. The molecule has 4 nitrogen and oxygen atoms in total. The first kappa shape index (κ1) is 16.8. The van der Waals surface area contributed by atoms with Crippen LogP contribution in [0.1, 0.15) is 11.4 Å². The molecule has 0 aliphatic rings. The Morgan fingerprint density at radius 2 is 1.81 bits per heavy atom. The zero-order valence-electron chi connectivity index (χ0n) is 14.4. The van der Waals surface area contributed by atoms with E-state index in [9.17, 15) is 4.79 Å². The van der Waals surface area contributed by atoms with Crippen LogP contribution in [-0.4, -0.2) is 21.9 Å². The minimum absolute atomic E-state index is 0.161. The van der Waals surface area contributed by atoms with Crippen LogP contribution in [0.2, 0.25) is 5.02 Å². The van der Waals surface area contributed by atoms with E-state index < -0.39 is 0 Å². The molecule has 0 aliphatic heterocycles. The second-order valence-electron chi connectivity index (χ2n) is 6.53. The largest absolute Gasteiger partial charge is 0.309 e. The maximum absolute atomic E-state index is 12.3. The topological polar surface area (TPSA) is 49.0 Å². The Morgan fingerprint density at radius 3 is 2.65 bits per heavy atom. The summed E-state index contributed by atoms with van der Waals surface area (Å²) in [4.78, 5) is 21.8. The number of benzene rings is 3. The SMILES string of the molecule is CN(Cc1ccc2ccccc2c1)Cc1nc2ccc(Cl)cc2c(=O)[nH]1. The zero-order valence-corrected chi connectivity index (χ0v) is 15.1. The van der Waals surface area contributed by atoms with Crippen LogP contribution in [0, 0.1) is 0 Å². The number of hydrogen-bond acceptors (Lipinski definition) is 3. The third kappa shape index (κ3) is 3.47. The van der Waals surface area contributed by atoms with Crippen molar-refractivity contribution in [3.63, 3.8) is 0 Å². The van der Waals surface area contributed by atoms with Crippen molar-refractivity contribution in [1.82, 2.24) is 14.9 Å². The first-order valence-corrected chi connectivity index (χ1v) is 8.81. The van der Waals surface area contributed by atoms with Crippen LogP contribution in [-0.2, 0) is 13.1 Å². The van der Waals surface area contributed by atoms with Gasteiger partial charge in [-0.1, -0.05) is 48.0 Å². The summed E-state index contributed by atoms with van der Waals surface area (Å²) in [6, 6.07) is 20.0. The van der Waals surface area contributed by atoms with E-state index in [2.05, 4.69) is 45.2 Å². The first-order chi connectivity index (χ1) is 12.6. The van der Waals surface area contributed by atoms with Gasteiger partial charge in [0.15, 0.2) is 0 Å². The summed E-state index contributed by atoms with van der Waals surface area (Å²) < 4.78 is 0. The summed E-state index contributed by atoms with van der Waals surface area (Å²) in [7, 11) is 2.02. The minimum Gasteiger partial charge on any atom is -0.309 e. The predicted octanol–water partition coefficient (Wildman–Crippen LogP) is 4.36. The van der Waals surface area contributed by atoms with Gasteiger partial charge in [-0.25, -0.2) is 4.98 Å². The average molecular weight is 364 g/mol. The molecule has 130 valence electrons. The molecule has 0 bridgehead atoms.